The van der Waals surface area contributed by atoms with Crippen molar-refractivity contribution in [3.8, 4) is 11.5 Å². The van der Waals surface area contributed by atoms with Crippen molar-refractivity contribution in [1.82, 2.24) is 0 Å². The zero-order valence-electron chi connectivity index (χ0n) is 12.3. The Kier molecular flexibility index (Phi) is 5.33. The molecule has 0 spiro atoms. The summed E-state index contributed by atoms with van der Waals surface area (Å²) in [6, 6.07) is 7.68. The van der Waals surface area contributed by atoms with Crippen LogP contribution >= 0.6 is 15.9 Å². The average molecular weight is 378 g/mol. The average Bonchev–Trinajstić information content (AvgIpc) is 2.50. The van der Waals surface area contributed by atoms with Crippen LogP contribution in [0.5, 0.6) is 11.5 Å². The third-order valence-electron chi connectivity index (χ3n) is 3.18. The summed E-state index contributed by atoms with van der Waals surface area (Å²) in [5.74, 6) is -0.732. The minimum absolute atomic E-state index is 0.0157. The molecule has 6 nitrogen and oxygen atoms in total. The summed E-state index contributed by atoms with van der Waals surface area (Å²) in [7, 11) is 0. The van der Waals surface area contributed by atoms with Gasteiger partial charge in [0, 0.05) is 16.8 Å². The lowest BCUT2D eigenvalue weighted by Crippen LogP contribution is -2.02. The molecule has 1 N–H and O–H groups in total. The molecule has 0 amide bonds. The Bertz CT molecular complexity index is 775. The Balaban J connectivity index is 2.41. The molecule has 0 aliphatic heterocycles. The molecule has 0 fully saturated rings. The predicted molar refractivity (Wildman–Crippen MR) is 89.6 cm³/mol. The second-order valence-corrected chi connectivity index (χ2v) is 5.85. The molecular formula is C16H14BrN2O4-. The van der Waals surface area contributed by atoms with Crippen LogP contribution in [0, 0.1) is 10.1 Å². The van der Waals surface area contributed by atoms with Crippen molar-refractivity contribution in [2.45, 2.75) is 19.8 Å². The molecule has 120 valence electrons. The smallest absolute Gasteiger partial charge is 0.263 e. The van der Waals surface area contributed by atoms with Crippen LogP contribution in [0.15, 0.2) is 39.8 Å². The number of nitrogens with zero attached hydrogens (tertiary/aromatic N) is 2. The molecule has 2 aromatic rings. The second-order valence-electron chi connectivity index (χ2n) is 4.93. The summed E-state index contributed by atoms with van der Waals surface area (Å²) in [4.78, 5) is 14.2. The molecule has 0 atom stereocenters. The summed E-state index contributed by atoms with van der Waals surface area (Å²) in [5, 5.41) is 32.7. The highest BCUT2D eigenvalue weighted by Gasteiger charge is 2.11. The van der Waals surface area contributed by atoms with Crippen molar-refractivity contribution in [3.05, 3.63) is 56.0 Å². The monoisotopic (exact) mass is 377 g/mol. The number of hydrogen-bond donors (Lipinski definition) is 1. The van der Waals surface area contributed by atoms with Gasteiger partial charge in [-0.3, -0.25) is 15.1 Å². The molecule has 0 aliphatic rings. The maximum absolute atomic E-state index is 12.0. The minimum Gasteiger partial charge on any atom is -0.867 e. The van der Waals surface area contributed by atoms with Gasteiger partial charge < -0.3 is 10.2 Å². The Morgan fingerprint density at radius 3 is 2.74 bits per heavy atom. The zero-order valence-corrected chi connectivity index (χ0v) is 13.9. The summed E-state index contributed by atoms with van der Waals surface area (Å²) in [6.45, 7) is 2.04. The van der Waals surface area contributed by atoms with Crippen LogP contribution in [0.3, 0.4) is 0 Å². The van der Waals surface area contributed by atoms with Crippen LogP contribution in [0.2, 0.25) is 0 Å². The van der Waals surface area contributed by atoms with E-state index in [9.17, 15) is 20.3 Å². The van der Waals surface area contributed by atoms with Crippen LogP contribution in [0.1, 0.15) is 24.5 Å². The number of aryl methyl sites for hydroxylation is 1. The Hall–Kier alpha value is -2.41. The molecule has 0 unspecified atom stereocenters. The van der Waals surface area contributed by atoms with Crippen molar-refractivity contribution in [3.63, 3.8) is 0 Å². The molecule has 0 saturated carbocycles. The van der Waals surface area contributed by atoms with E-state index >= 15 is 0 Å². The first-order valence-electron chi connectivity index (χ1n) is 6.93. The van der Waals surface area contributed by atoms with Gasteiger partial charge in [0.25, 0.3) is 5.69 Å². The fraction of sp³-hybridized carbons (Fsp3) is 0.188. The van der Waals surface area contributed by atoms with Gasteiger partial charge >= 0.3 is 0 Å². The van der Waals surface area contributed by atoms with Crippen molar-refractivity contribution in [2.75, 3.05) is 0 Å². The highest BCUT2D eigenvalue weighted by atomic mass is 79.9. The van der Waals surface area contributed by atoms with Crippen molar-refractivity contribution < 1.29 is 15.1 Å². The van der Waals surface area contributed by atoms with Gasteiger partial charge in [-0.15, -0.1) is 0 Å². The van der Waals surface area contributed by atoms with Crippen molar-refractivity contribution in [2.24, 2.45) is 4.99 Å². The fourth-order valence-corrected chi connectivity index (χ4v) is 2.55. The number of hydrogen-bond acceptors (Lipinski definition) is 5. The van der Waals surface area contributed by atoms with Gasteiger partial charge in [-0.2, -0.15) is 0 Å². The van der Waals surface area contributed by atoms with Gasteiger partial charge in [-0.25, -0.2) is 0 Å². The van der Waals surface area contributed by atoms with Crippen molar-refractivity contribution >= 4 is 33.5 Å². The molecule has 0 saturated heterocycles. The van der Waals surface area contributed by atoms with Crippen LogP contribution < -0.4 is 5.11 Å². The Morgan fingerprint density at radius 2 is 2.09 bits per heavy atom. The van der Waals surface area contributed by atoms with E-state index in [1.54, 1.807) is 18.2 Å². The molecule has 0 heterocycles. The Labute approximate surface area is 141 Å². The first kappa shape index (κ1) is 17.0. The van der Waals surface area contributed by atoms with Crippen molar-refractivity contribution in [1.29, 1.82) is 0 Å². The number of phenolic OH excluding ortho intramolecular Hbond substituents is 1. The van der Waals surface area contributed by atoms with E-state index in [1.165, 1.54) is 12.3 Å². The van der Waals surface area contributed by atoms with E-state index in [0.29, 0.717) is 10.2 Å². The van der Waals surface area contributed by atoms with E-state index in [1.807, 2.05) is 6.92 Å². The summed E-state index contributed by atoms with van der Waals surface area (Å²) in [6.07, 6.45) is 3.03. The maximum atomic E-state index is 12.0. The minimum atomic E-state index is -0.732. The largest absolute Gasteiger partial charge is 0.867 e. The lowest BCUT2D eigenvalue weighted by atomic mass is 10.1. The number of aromatic hydroxyl groups is 1. The number of halogens is 1. The summed E-state index contributed by atoms with van der Waals surface area (Å²) in [5.41, 5.74) is 0.883. The van der Waals surface area contributed by atoms with Gasteiger partial charge in [0.05, 0.1) is 4.92 Å². The maximum Gasteiger partial charge on any atom is 0.263 e. The van der Waals surface area contributed by atoms with Gasteiger partial charge in [-0.1, -0.05) is 35.3 Å². The lowest BCUT2D eigenvalue weighted by Gasteiger charge is -2.11. The van der Waals surface area contributed by atoms with Gasteiger partial charge in [0.15, 0.2) is 0 Å². The van der Waals surface area contributed by atoms with Gasteiger partial charge in [-0.05, 0) is 41.5 Å². The molecule has 0 bridgehead atoms. The number of phenols is 1. The first-order chi connectivity index (χ1) is 10.9. The molecule has 7 heteroatoms. The van der Waals surface area contributed by atoms with Crippen LogP contribution in [0.25, 0.3) is 0 Å². The third kappa shape index (κ3) is 4.07. The Morgan fingerprint density at radius 1 is 1.35 bits per heavy atom. The SMILES string of the molecule is CCCc1ccc(O)c(N=Cc2cc(Br)cc([N+](=O)[O-])c2[O-])c1. The number of nitro benzene ring substituents is 1. The molecular weight excluding hydrogens is 364 g/mol. The number of nitro groups is 1. The van der Waals surface area contributed by atoms with Gasteiger partial charge in [0.1, 0.15) is 11.4 Å². The topological polar surface area (TPSA) is 98.8 Å². The zero-order chi connectivity index (χ0) is 17.0. The molecule has 23 heavy (non-hydrogen) atoms. The molecule has 0 aliphatic carbocycles. The highest BCUT2D eigenvalue weighted by molar-refractivity contribution is 9.10. The quantitative estimate of drug-likeness (QED) is 0.485. The van der Waals surface area contributed by atoms with Crippen LogP contribution in [-0.2, 0) is 6.42 Å². The predicted octanol–water partition coefficient (Wildman–Crippen LogP) is 3.84. The number of rotatable bonds is 5. The van der Waals surface area contributed by atoms with E-state index in [0.717, 1.165) is 24.5 Å². The molecule has 2 aromatic carbocycles. The second kappa shape index (κ2) is 7.23. The summed E-state index contributed by atoms with van der Waals surface area (Å²) >= 11 is 3.13. The summed E-state index contributed by atoms with van der Waals surface area (Å²) < 4.78 is 0.411. The fourth-order valence-electron chi connectivity index (χ4n) is 2.09. The lowest BCUT2D eigenvalue weighted by molar-refractivity contribution is -0.398. The van der Waals surface area contributed by atoms with Crippen LogP contribution in [0.4, 0.5) is 11.4 Å². The normalized spacial score (nSPS) is 11.0. The van der Waals surface area contributed by atoms with E-state index in [2.05, 4.69) is 20.9 Å². The van der Waals surface area contributed by atoms with Gasteiger partial charge in [0.2, 0.25) is 0 Å². The standard InChI is InChI=1S/C16H15BrN2O4/c1-2-3-10-4-5-15(20)13(6-10)18-9-11-7-12(17)8-14(16(11)21)19(22)23/h4-9,20-21H,2-3H2,1H3/p-1. The third-order valence-corrected chi connectivity index (χ3v) is 3.64. The van der Waals surface area contributed by atoms with Crippen LogP contribution in [-0.4, -0.2) is 16.2 Å². The molecule has 2 rings (SSSR count). The van der Waals surface area contributed by atoms with E-state index in [4.69, 9.17) is 0 Å². The van der Waals surface area contributed by atoms with E-state index < -0.39 is 16.4 Å². The molecule has 0 aromatic heterocycles. The highest BCUT2D eigenvalue weighted by Crippen LogP contribution is 2.32. The van der Waals surface area contributed by atoms with E-state index in [-0.39, 0.29) is 11.3 Å². The number of benzene rings is 2. The number of aliphatic imine (C=N–C) groups is 1. The first-order valence-corrected chi connectivity index (χ1v) is 7.72. The molecule has 0 radical (unpaired) electrons.